The summed E-state index contributed by atoms with van der Waals surface area (Å²) < 4.78 is 67.8. The average Bonchev–Trinajstić information content (AvgIpc) is 3.15. The quantitative estimate of drug-likeness (QED) is 0.655. The fraction of sp³-hybridized carbons (Fsp3) is 0.625. The molecule has 11 heteroatoms. The number of rotatable bonds is 5. The number of nitrogens with one attached hydrogen (secondary N) is 1. The van der Waals surface area contributed by atoms with Crippen LogP contribution in [0.4, 0.5) is 13.2 Å². The van der Waals surface area contributed by atoms with Crippen LogP contribution in [0.5, 0.6) is 0 Å². The number of carbonyl (C=O) groups excluding carboxylic acids is 1. The lowest BCUT2D eigenvalue weighted by Crippen LogP contribution is -2.53. The number of aromatic nitrogens is 3. The number of pyridine rings is 1. The monoisotopic (exact) mass is 512 g/mol. The van der Waals surface area contributed by atoms with E-state index in [9.17, 15) is 26.4 Å². The van der Waals surface area contributed by atoms with Crippen LogP contribution in [0.25, 0.3) is 11.3 Å². The Bertz CT molecular complexity index is 1240. The first-order chi connectivity index (χ1) is 16.2. The third kappa shape index (κ3) is 5.24. The molecule has 1 amide bonds. The van der Waals surface area contributed by atoms with Gasteiger partial charge in [0, 0.05) is 47.7 Å². The number of amides is 1. The van der Waals surface area contributed by atoms with Gasteiger partial charge in [-0.15, -0.1) is 0 Å². The number of hydrogen-bond acceptors (Lipinski definition) is 5. The normalized spacial score (nSPS) is 21.5. The molecule has 192 valence electrons. The maximum atomic E-state index is 14.7. The summed E-state index contributed by atoms with van der Waals surface area (Å²) in [6.45, 7) is 6.42. The molecule has 1 aliphatic heterocycles. The standard InChI is InChI=1S/C24H31F3N4O3S/c1-14(2)31-19-11-15(22(32)29-23(3)7-9-35(33,34)10-8-23)5-6-16(19)21(30-31)17-12-20(24(4,26)27)28-13-18(17)25/h12-15H,5-11H2,1-4H3,(H,29,32)/t15-/m1/s1. The molecule has 2 aromatic rings. The Labute approximate surface area is 203 Å². The van der Waals surface area contributed by atoms with Gasteiger partial charge in [0.2, 0.25) is 5.91 Å². The topological polar surface area (TPSA) is 93.9 Å². The van der Waals surface area contributed by atoms with E-state index in [0.717, 1.165) is 23.5 Å². The number of sulfone groups is 1. The number of alkyl halides is 2. The summed E-state index contributed by atoms with van der Waals surface area (Å²) in [4.78, 5) is 16.7. The van der Waals surface area contributed by atoms with Crippen LogP contribution < -0.4 is 5.32 Å². The summed E-state index contributed by atoms with van der Waals surface area (Å²) in [5.74, 6) is -4.33. The van der Waals surface area contributed by atoms with Gasteiger partial charge >= 0.3 is 0 Å². The molecule has 0 unspecified atom stereocenters. The molecule has 3 heterocycles. The smallest absolute Gasteiger partial charge is 0.286 e. The van der Waals surface area contributed by atoms with Crippen LogP contribution in [-0.2, 0) is 33.4 Å². The number of carbonyl (C=O) groups is 1. The van der Waals surface area contributed by atoms with E-state index >= 15 is 0 Å². The first-order valence-electron chi connectivity index (χ1n) is 11.9. The van der Waals surface area contributed by atoms with Gasteiger partial charge in [0.05, 0.1) is 23.4 Å². The predicted molar refractivity (Wildman–Crippen MR) is 125 cm³/mol. The van der Waals surface area contributed by atoms with Gasteiger partial charge in [-0.25, -0.2) is 12.8 Å². The lowest BCUT2D eigenvalue weighted by molar-refractivity contribution is -0.127. The minimum atomic E-state index is -3.22. The predicted octanol–water partition coefficient (Wildman–Crippen LogP) is 3.97. The number of nitrogens with zero attached hydrogens (tertiary/aromatic N) is 3. The van der Waals surface area contributed by atoms with Crippen molar-refractivity contribution in [2.24, 2.45) is 5.92 Å². The number of hydrogen-bond donors (Lipinski definition) is 1. The summed E-state index contributed by atoms with van der Waals surface area (Å²) in [5, 5.41) is 7.66. The molecule has 1 atom stereocenters. The summed E-state index contributed by atoms with van der Waals surface area (Å²) >= 11 is 0. The summed E-state index contributed by atoms with van der Waals surface area (Å²) in [5.41, 5.74) is 0.728. The highest BCUT2D eigenvalue weighted by atomic mass is 32.2. The van der Waals surface area contributed by atoms with Gasteiger partial charge in [0.25, 0.3) is 5.92 Å². The van der Waals surface area contributed by atoms with Crippen molar-refractivity contribution in [2.45, 2.75) is 77.3 Å². The molecule has 0 saturated carbocycles. The second-order valence-electron chi connectivity index (χ2n) is 10.4. The van der Waals surface area contributed by atoms with Crippen molar-refractivity contribution in [1.29, 1.82) is 0 Å². The second kappa shape index (κ2) is 8.90. The number of fused-ring (bicyclic) bond motifs is 1. The fourth-order valence-corrected chi connectivity index (χ4v) is 6.60. The molecule has 0 spiro atoms. The minimum Gasteiger partial charge on any atom is -0.351 e. The molecule has 0 bridgehead atoms. The van der Waals surface area contributed by atoms with Crippen LogP contribution in [0.3, 0.4) is 0 Å². The van der Waals surface area contributed by atoms with E-state index in [1.165, 1.54) is 0 Å². The highest BCUT2D eigenvalue weighted by Crippen LogP contribution is 2.38. The second-order valence-corrected chi connectivity index (χ2v) is 12.7. The van der Waals surface area contributed by atoms with E-state index in [-0.39, 0.29) is 34.9 Å². The zero-order chi connectivity index (χ0) is 25.8. The third-order valence-corrected chi connectivity index (χ3v) is 8.73. The summed E-state index contributed by atoms with van der Waals surface area (Å²) in [7, 11) is -3.05. The molecule has 2 aromatic heterocycles. The Morgan fingerprint density at radius 2 is 1.94 bits per heavy atom. The van der Waals surface area contributed by atoms with E-state index in [1.807, 2.05) is 20.8 Å². The Hall–Kier alpha value is -2.43. The van der Waals surface area contributed by atoms with E-state index < -0.39 is 32.8 Å². The van der Waals surface area contributed by atoms with Gasteiger partial charge < -0.3 is 5.32 Å². The molecule has 1 aliphatic carbocycles. The Kier molecular flexibility index (Phi) is 6.53. The van der Waals surface area contributed by atoms with Gasteiger partial charge in [-0.05, 0) is 52.5 Å². The fourth-order valence-electron chi connectivity index (χ4n) is 4.88. The Morgan fingerprint density at radius 3 is 2.54 bits per heavy atom. The van der Waals surface area contributed by atoms with Gasteiger partial charge in [-0.3, -0.25) is 14.5 Å². The molecule has 1 N–H and O–H groups in total. The minimum absolute atomic E-state index is 0.0222. The summed E-state index contributed by atoms with van der Waals surface area (Å²) in [6.07, 6.45) is 2.86. The molecule has 1 saturated heterocycles. The zero-order valence-corrected chi connectivity index (χ0v) is 21.2. The maximum absolute atomic E-state index is 14.7. The van der Waals surface area contributed by atoms with Crippen molar-refractivity contribution in [3.8, 4) is 11.3 Å². The van der Waals surface area contributed by atoms with Gasteiger partial charge in [0.15, 0.2) is 5.82 Å². The maximum Gasteiger partial charge on any atom is 0.286 e. The van der Waals surface area contributed by atoms with E-state index in [2.05, 4.69) is 15.4 Å². The van der Waals surface area contributed by atoms with Gasteiger partial charge in [0.1, 0.15) is 15.5 Å². The largest absolute Gasteiger partial charge is 0.351 e. The molecule has 4 rings (SSSR count). The first kappa shape index (κ1) is 25.7. The molecule has 0 aromatic carbocycles. The lowest BCUT2D eigenvalue weighted by Gasteiger charge is -2.36. The van der Waals surface area contributed by atoms with Crippen LogP contribution in [0, 0.1) is 11.7 Å². The van der Waals surface area contributed by atoms with Crippen molar-refractivity contribution in [1.82, 2.24) is 20.1 Å². The van der Waals surface area contributed by atoms with Gasteiger partial charge in [-0.1, -0.05) is 0 Å². The van der Waals surface area contributed by atoms with Crippen molar-refractivity contribution >= 4 is 15.7 Å². The highest BCUT2D eigenvalue weighted by molar-refractivity contribution is 7.91. The first-order valence-corrected chi connectivity index (χ1v) is 13.7. The molecule has 1 fully saturated rings. The van der Waals surface area contributed by atoms with Crippen molar-refractivity contribution in [2.75, 3.05) is 11.5 Å². The average molecular weight is 513 g/mol. The molecule has 7 nitrogen and oxygen atoms in total. The van der Waals surface area contributed by atoms with Crippen LogP contribution in [0.1, 0.15) is 70.0 Å². The van der Waals surface area contributed by atoms with Crippen molar-refractivity contribution in [3.05, 3.63) is 35.0 Å². The van der Waals surface area contributed by atoms with Crippen LogP contribution in [0.2, 0.25) is 0 Å². The van der Waals surface area contributed by atoms with Crippen LogP contribution in [0.15, 0.2) is 12.3 Å². The Morgan fingerprint density at radius 1 is 1.29 bits per heavy atom. The van der Waals surface area contributed by atoms with E-state index in [4.69, 9.17) is 0 Å². The third-order valence-electron chi connectivity index (χ3n) is 7.08. The van der Waals surface area contributed by atoms with E-state index in [0.29, 0.717) is 44.7 Å². The molecule has 0 radical (unpaired) electrons. The highest BCUT2D eigenvalue weighted by Gasteiger charge is 2.38. The summed E-state index contributed by atoms with van der Waals surface area (Å²) in [6, 6.07) is 0.969. The molecular formula is C24H31F3N4O3S. The molecular weight excluding hydrogens is 481 g/mol. The van der Waals surface area contributed by atoms with Crippen LogP contribution in [-0.4, -0.2) is 46.1 Å². The molecule has 2 aliphatic rings. The van der Waals surface area contributed by atoms with Gasteiger partial charge in [-0.2, -0.15) is 13.9 Å². The van der Waals surface area contributed by atoms with Crippen LogP contribution >= 0.6 is 0 Å². The number of halogens is 3. The Balaban J connectivity index is 1.62. The van der Waals surface area contributed by atoms with Crippen molar-refractivity contribution in [3.63, 3.8) is 0 Å². The zero-order valence-electron chi connectivity index (χ0n) is 20.4. The SMILES string of the molecule is CC(C)n1nc(-c2cc(C(C)(F)F)ncc2F)c2c1C[C@H](C(=O)NC1(C)CCS(=O)(=O)CC1)CC2. The lowest BCUT2D eigenvalue weighted by atomic mass is 9.84. The van der Waals surface area contributed by atoms with E-state index in [1.54, 1.807) is 4.68 Å². The molecule has 35 heavy (non-hydrogen) atoms. The van der Waals surface area contributed by atoms with Crippen molar-refractivity contribution < 1.29 is 26.4 Å².